The second kappa shape index (κ2) is 5.43. The molecule has 0 spiro atoms. The molecule has 0 aliphatic heterocycles. The van der Waals surface area contributed by atoms with E-state index in [1.165, 1.54) is 50.7 Å². The van der Waals surface area contributed by atoms with Crippen molar-refractivity contribution >= 4 is 11.6 Å². The monoisotopic (exact) mass is 314 g/mol. The van der Waals surface area contributed by atoms with Crippen LogP contribution < -0.4 is 5.43 Å². The maximum absolute atomic E-state index is 13.7. The quantitative estimate of drug-likeness (QED) is 0.661. The highest BCUT2D eigenvalue weighted by molar-refractivity contribution is 5.96. The van der Waals surface area contributed by atoms with Gasteiger partial charge in [-0.15, -0.1) is 0 Å². The first-order valence-corrected chi connectivity index (χ1v) is 8.65. The lowest BCUT2D eigenvalue weighted by atomic mass is 9.48. The summed E-state index contributed by atoms with van der Waals surface area (Å²) in [5, 5.41) is 4.38. The van der Waals surface area contributed by atoms with Gasteiger partial charge >= 0.3 is 0 Å². The van der Waals surface area contributed by atoms with Crippen LogP contribution in [0, 0.1) is 29.0 Å². The number of carbonyl (C=O) groups is 1. The fraction of sp³-hybridized carbons (Fsp3) is 0.579. The minimum Gasteiger partial charge on any atom is -0.267 e. The first-order valence-electron chi connectivity index (χ1n) is 8.65. The van der Waals surface area contributed by atoms with E-state index in [0.717, 1.165) is 23.5 Å². The van der Waals surface area contributed by atoms with Crippen molar-refractivity contribution < 1.29 is 9.18 Å². The Labute approximate surface area is 136 Å². The Bertz CT molecular complexity index is 632. The van der Waals surface area contributed by atoms with Gasteiger partial charge in [-0.2, -0.15) is 5.10 Å². The van der Waals surface area contributed by atoms with Gasteiger partial charge < -0.3 is 0 Å². The minimum atomic E-state index is -0.507. The lowest BCUT2D eigenvalue weighted by Gasteiger charge is -2.56. The van der Waals surface area contributed by atoms with Gasteiger partial charge in [0.2, 0.25) is 0 Å². The predicted molar refractivity (Wildman–Crippen MR) is 87.6 cm³/mol. The molecule has 4 aliphatic rings. The summed E-state index contributed by atoms with van der Waals surface area (Å²) in [5.41, 5.74) is 3.83. The zero-order valence-corrected chi connectivity index (χ0v) is 13.5. The summed E-state index contributed by atoms with van der Waals surface area (Å²) >= 11 is 0. The molecule has 5 rings (SSSR count). The molecule has 0 saturated heterocycles. The van der Waals surface area contributed by atoms with Crippen LogP contribution in [0.25, 0.3) is 0 Å². The van der Waals surface area contributed by atoms with E-state index in [2.05, 4.69) is 10.5 Å². The van der Waals surface area contributed by atoms with Gasteiger partial charge in [-0.1, -0.05) is 12.1 Å². The molecule has 0 heterocycles. The smallest absolute Gasteiger partial charge is 0.267 e. The minimum absolute atomic E-state index is 0.0505. The maximum atomic E-state index is 13.7. The summed E-state index contributed by atoms with van der Waals surface area (Å²) in [6.45, 7) is 2.04. The van der Waals surface area contributed by atoms with Crippen LogP contribution in [0.3, 0.4) is 0 Å². The predicted octanol–water partition coefficient (Wildman–Crippen LogP) is 4.15. The SMILES string of the molecule is CC(=NNC(=O)c1ccccc1F)C12CC3CC(CC(C3)C1)C2. The normalized spacial score (nSPS) is 35.4. The number of hydrazone groups is 1. The molecule has 0 unspecified atom stereocenters. The van der Waals surface area contributed by atoms with Crippen LogP contribution in [0.15, 0.2) is 29.4 Å². The first kappa shape index (κ1) is 14.9. The van der Waals surface area contributed by atoms with Gasteiger partial charge in [0.25, 0.3) is 5.91 Å². The summed E-state index contributed by atoms with van der Waals surface area (Å²) in [4.78, 5) is 12.1. The number of nitrogens with zero attached hydrogens (tertiary/aromatic N) is 1. The van der Waals surface area contributed by atoms with E-state index in [4.69, 9.17) is 0 Å². The number of nitrogens with one attached hydrogen (secondary N) is 1. The summed E-state index contributed by atoms with van der Waals surface area (Å²) in [6, 6.07) is 6.02. The highest BCUT2D eigenvalue weighted by Crippen LogP contribution is 2.60. The van der Waals surface area contributed by atoms with Crippen molar-refractivity contribution in [3.63, 3.8) is 0 Å². The van der Waals surface area contributed by atoms with Gasteiger partial charge in [-0.3, -0.25) is 4.79 Å². The van der Waals surface area contributed by atoms with Crippen LogP contribution in [0.1, 0.15) is 55.8 Å². The van der Waals surface area contributed by atoms with E-state index >= 15 is 0 Å². The first-order chi connectivity index (χ1) is 11.1. The van der Waals surface area contributed by atoms with E-state index in [1.54, 1.807) is 12.1 Å². The van der Waals surface area contributed by atoms with Crippen molar-refractivity contribution in [2.24, 2.45) is 28.3 Å². The summed E-state index contributed by atoms with van der Waals surface area (Å²) in [5.74, 6) is 1.55. The molecule has 4 aliphatic carbocycles. The number of rotatable bonds is 3. The molecule has 1 N–H and O–H groups in total. The van der Waals surface area contributed by atoms with Crippen LogP contribution in [0.5, 0.6) is 0 Å². The van der Waals surface area contributed by atoms with E-state index in [1.807, 2.05) is 6.92 Å². The molecule has 0 radical (unpaired) electrons. The third-order valence-corrected chi connectivity index (χ3v) is 6.25. The number of halogens is 1. The Kier molecular flexibility index (Phi) is 3.51. The Balaban J connectivity index is 1.51. The Morgan fingerprint density at radius 1 is 1.13 bits per heavy atom. The molecule has 4 saturated carbocycles. The van der Waals surface area contributed by atoms with Crippen molar-refractivity contribution in [3.8, 4) is 0 Å². The number of benzene rings is 1. The molecule has 1 aromatic carbocycles. The van der Waals surface area contributed by atoms with Crippen LogP contribution >= 0.6 is 0 Å². The molecule has 23 heavy (non-hydrogen) atoms. The number of hydrogen-bond acceptors (Lipinski definition) is 2. The van der Waals surface area contributed by atoms with Crippen molar-refractivity contribution in [3.05, 3.63) is 35.6 Å². The third kappa shape index (κ3) is 2.58. The lowest BCUT2D eigenvalue weighted by molar-refractivity contribution is -0.0128. The zero-order chi connectivity index (χ0) is 16.0. The fourth-order valence-electron chi connectivity index (χ4n) is 5.51. The van der Waals surface area contributed by atoms with E-state index in [0.29, 0.717) is 0 Å². The second-order valence-electron chi connectivity index (χ2n) is 7.82. The molecule has 1 aromatic rings. The largest absolute Gasteiger partial charge is 0.274 e. The van der Waals surface area contributed by atoms with Crippen molar-refractivity contribution in [2.75, 3.05) is 0 Å². The standard InChI is InChI=1S/C19H23FN2O/c1-12(21-22-18(23)16-4-2-3-5-17(16)20)19-9-13-6-14(10-19)8-15(7-13)11-19/h2-5,13-15H,6-11H2,1H3,(H,22,23). The molecular weight excluding hydrogens is 291 g/mol. The van der Waals surface area contributed by atoms with Crippen LogP contribution in [0.2, 0.25) is 0 Å². The molecule has 4 heteroatoms. The van der Waals surface area contributed by atoms with Gasteiger partial charge in [-0.05, 0) is 75.3 Å². The van der Waals surface area contributed by atoms with Crippen LogP contribution in [0.4, 0.5) is 4.39 Å². The molecule has 122 valence electrons. The lowest BCUT2D eigenvalue weighted by Crippen LogP contribution is -2.49. The Morgan fingerprint density at radius 2 is 1.70 bits per heavy atom. The highest BCUT2D eigenvalue weighted by Gasteiger charge is 2.52. The van der Waals surface area contributed by atoms with E-state index in [9.17, 15) is 9.18 Å². The summed E-state index contributed by atoms with van der Waals surface area (Å²) < 4.78 is 13.7. The molecule has 1 amide bonds. The number of hydrogen-bond donors (Lipinski definition) is 1. The van der Waals surface area contributed by atoms with Gasteiger partial charge in [0.1, 0.15) is 5.82 Å². The molecule has 3 nitrogen and oxygen atoms in total. The second-order valence-corrected chi connectivity index (χ2v) is 7.82. The average molecular weight is 314 g/mol. The van der Waals surface area contributed by atoms with Gasteiger partial charge in [-0.25, -0.2) is 9.82 Å². The van der Waals surface area contributed by atoms with Gasteiger partial charge in [0.05, 0.1) is 5.56 Å². The summed E-state index contributed by atoms with van der Waals surface area (Å²) in [7, 11) is 0. The maximum Gasteiger partial charge on any atom is 0.274 e. The van der Waals surface area contributed by atoms with Gasteiger partial charge in [0, 0.05) is 11.1 Å². The molecule has 4 fully saturated rings. The van der Waals surface area contributed by atoms with Crippen molar-refractivity contribution in [1.29, 1.82) is 0 Å². The highest BCUT2D eigenvalue weighted by atomic mass is 19.1. The van der Waals surface area contributed by atoms with E-state index < -0.39 is 11.7 Å². The van der Waals surface area contributed by atoms with Gasteiger partial charge in [0.15, 0.2) is 0 Å². The molecular formula is C19H23FN2O. The molecule has 0 aromatic heterocycles. The Morgan fingerprint density at radius 3 is 2.26 bits per heavy atom. The molecule has 4 bridgehead atoms. The van der Waals surface area contributed by atoms with Crippen LogP contribution in [-0.4, -0.2) is 11.6 Å². The van der Waals surface area contributed by atoms with Crippen LogP contribution in [-0.2, 0) is 0 Å². The molecule has 0 atom stereocenters. The van der Waals surface area contributed by atoms with Crippen molar-refractivity contribution in [1.82, 2.24) is 5.43 Å². The third-order valence-electron chi connectivity index (χ3n) is 6.25. The van der Waals surface area contributed by atoms with Crippen molar-refractivity contribution in [2.45, 2.75) is 45.4 Å². The topological polar surface area (TPSA) is 41.5 Å². The Hall–Kier alpha value is -1.71. The fourth-order valence-corrected chi connectivity index (χ4v) is 5.51. The average Bonchev–Trinajstić information content (AvgIpc) is 2.51. The zero-order valence-electron chi connectivity index (χ0n) is 13.5. The number of carbonyl (C=O) groups excluding carboxylic acids is 1. The van der Waals surface area contributed by atoms with E-state index in [-0.39, 0.29) is 11.0 Å². The summed E-state index contributed by atoms with van der Waals surface area (Å²) in [6.07, 6.45) is 7.79. The number of amides is 1.